The first-order valence-corrected chi connectivity index (χ1v) is 7.14. The number of halogens is 1. The Hall–Kier alpha value is -0.290. The zero-order valence-electron chi connectivity index (χ0n) is 8.62. The predicted octanol–water partition coefficient (Wildman–Crippen LogP) is 1.98. The molecular weight excluding hydrogens is 276 g/mol. The Morgan fingerprint density at radius 1 is 1.60 bits per heavy atom. The number of alkyl halides is 1. The zero-order chi connectivity index (χ0) is 10.8. The number of nitrogens with zero attached hydrogens (tertiary/aromatic N) is 2. The van der Waals surface area contributed by atoms with Crippen LogP contribution in [0.2, 0.25) is 0 Å². The lowest BCUT2D eigenvalue weighted by Crippen LogP contribution is -2.30. The lowest BCUT2D eigenvalue weighted by molar-refractivity contribution is 0.552. The second-order valence-electron chi connectivity index (χ2n) is 3.56. The molecule has 2 rings (SSSR count). The van der Waals surface area contributed by atoms with E-state index in [2.05, 4.69) is 20.9 Å². The van der Waals surface area contributed by atoms with E-state index >= 15 is 0 Å². The van der Waals surface area contributed by atoms with Crippen LogP contribution in [0.4, 0.5) is 0 Å². The second-order valence-corrected chi connectivity index (χ2v) is 5.41. The van der Waals surface area contributed by atoms with Crippen molar-refractivity contribution in [2.45, 2.75) is 31.5 Å². The summed E-state index contributed by atoms with van der Waals surface area (Å²) in [5.41, 5.74) is 1.90. The molecule has 1 aliphatic heterocycles. The molecule has 0 bridgehead atoms. The molecule has 15 heavy (non-hydrogen) atoms. The van der Waals surface area contributed by atoms with Crippen molar-refractivity contribution in [3.05, 3.63) is 21.6 Å². The fraction of sp³-hybridized carbons (Fsp3) is 0.600. The Labute approximate surface area is 101 Å². The molecule has 1 aromatic heterocycles. The average molecular weight is 289 g/mol. The Balaban J connectivity index is 2.54. The van der Waals surface area contributed by atoms with Gasteiger partial charge in [-0.3, -0.25) is 9.36 Å². The van der Waals surface area contributed by atoms with Crippen molar-refractivity contribution >= 4 is 27.7 Å². The minimum Gasteiger partial charge on any atom is -0.287 e. The molecule has 0 saturated carbocycles. The normalized spacial score (nSPS) is 15.1. The second kappa shape index (κ2) is 4.70. The van der Waals surface area contributed by atoms with Gasteiger partial charge < -0.3 is 0 Å². The van der Waals surface area contributed by atoms with Gasteiger partial charge in [0.05, 0.1) is 0 Å². The molecule has 82 valence electrons. The zero-order valence-corrected chi connectivity index (χ0v) is 11.0. The number of aromatic nitrogens is 2. The first-order chi connectivity index (χ1) is 7.24. The number of aryl methyl sites for hydroxylation is 1. The van der Waals surface area contributed by atoms with Crippen LogP contribution < -0.4 is 5.56 Å². The summed E-state index contributed by atoms with van der Waals surface area (Å²) in [6.45, 7) is 2.75. The smallest absolute Gasteiger partial charge is 0.257 e. The highest BCUT2D eigenvalue weighted by atomic mass is 79.9. The van der Waals surface area contributed by atoms with Crippen molar-refractivity contribution in [1.82, 2.24) is 9.55 Å². The Morgan fingerprint density at radius 2 is 2.40 bits per heavy atom. The Bertz CT molecular complexity index is 430. The molecule has 0 unspecified atom stereocenters. The van der Waals surface area contributed by atoms with Gasteiger partial charge in [-0.2, -0.15) is 0 Å². The van der Waals surface area contributed by atoms with E-state index in [1.54, 1.807) is 11.8 Å². The van der Waals surface area contributed by atoms with Crippen molar-refractivity contribution < 1.29 is 0 Å². The van der Waals surface area contributed by atoms with Crippen molar-refractivity contribution in [3.8, 4) is 0 Å². The average Bonchev–Trinajstić information content (AvgIpc) is 2.24. The van der Waals surface area contributed by atoms with Crippen LogP contribution in [-0.4, -0.2) is 20.6 Å². The van der Waals surface area contributed by atoms with E-state index in [1.807, 2.05) is 11.5 Å². The predicted molar refractivity (Wildman–Crippen MR) is 66.1 cm³/mol. The third-order valence-corrected chi connectivity index (χ3v) is 4.00. The van der Waals surface area contributed by atoms with Gasteiger partial charge in [0.2, 0.25) is 0 Å². The summed E-state index contributed by atoms with van der Waals surface area (Å²) < 4.78 is 1.82. The molecule has 1 aromatic rings. The summed E-state index contributed by atoms with van der Waals surface area (Å²) in [4.78, 5) is 16.6. The summed E-state index contributed by atoms with van der Waals surface area (Å²) in [5.74, 6) is 1.07. The number of hydrogen-bond donors (Lipinski definition) is 0. The quantitative estimate of drug-likeness (QED) is 0.617. The van der Waals surface area contributed by atoms with Gasteiger partial charge in [0.15, 0.2) is 5.16 Å². The molecule has 0 amide bonds. The number of rotatable bonds is 2. The van der Waals surface area contributed by atoms with Crippen LogP contribution in [0.25, 0.3) is 0 Å². The van der Waals surface area contributed by atoms with E-state index in [-0.39, 0.29) is 5.56 Å². The fourth-order valence-electron chi connectivity index (χ4n) is 1.75. The van der Waals surface area contributed by atoms with Gasteiger partial charge in [-0.1, -0.05) is 27.7 Å². The largest absolute Gasteiger partial charge is 0.287 e. The topological polar surface area (TPSA) is 34.9 Å². The molecule has 5 heteroatoms. The highest BCUT2D eigenvalue weighted by Crippen LogP contribution is 2.21. The number of fused-ring (bicyclic) bond motifs is 1. The van der Waals surface area contributed by atoms with Gasteiger partial charge in [0.25, 0.3) is 5.56 Å². The van der Waals surface area contributed by atoms with Crippen LogP contribution in [0, 0.1) is 6.92 Å². The van der Waals surface area contributed by atoms with Crippen molar-refractivity contribution in [2.75, 3.05) is 11.1 Å². The molecule has 0 radical (unpaired) electrons. The van der Waals surface area contributed by atoms with Crippen LogP contribution in [0.15, 0.2) is 9.95 Å². The van der Waals surface area contributed by atoms with E-state index < -0.39 is 0 Å². The maximum absolute atomic E-state index is 12.1. The lowest BCUT2D eigenvalue weighted by Gasteiger charge is -2.18. The minimum atomic E-state index is 0.157. The van der Waals surface area contributed by atoms with E-state index in [1.165, 1.54) is 0 Å². The van der Waals surface area contributed by atoms with Crippen LogP contribution in [-0.2, 0) is 13.0 Å². The van der Waals surface area contributed by atoms with Gasteiger partial charge >= 0.3 is 0 Å². The summed E-state index contributed by atoms with van der Waals surface area (Å²) in [6.07, 6.45) is 1.83. The third kappa shape index (κ3) is 2.13. The molecule has 0 saturated heterocycles. The van der Waals surface area contributed by atoms with E-state index in [0.717, 1.165) is 46.9 Å². The molecule has 0 spiro atoms. The van der Waals surface area contributed by atoms with Gasteiger partial charge in [-0.25, -0.2) is 4.98 Å². The fourth-order valence-corrected chi connectivity index (χ4v) is 3.14. The summed E-state index contributed by atoms with van der Waals surface area (Å²) >= 11 is 5.05. The minimum absolute atomic E-state index is 0.157. The molecule has 2 heterocycles. The Morgan fingerprint density at radius 3 is 3.13 bits per heavy atom. The van der Waals surface area contributed by atoms with Gasteiger partial charge in [0, 0.05) is 28.9 Å². The summed E-state index contributed by atoms with van der Waals surface area (Å²) in [6, 6.07) is 0. The highest BCUT2D eigenvalue weighted by molar-refractivity contribution is 9.09. The summed E-state index contributed by atoms with van der Waals surface area (Å²) in [7, 11) is 0. The van der Waals surface area contributed by atoms with Crippen molar-refractivity contribution in [2.24, 2.45) is 0 Å². The Kier molecular flexibility index (Phi) is 3.51. The third-order valence-electron chi connectivity index (χ3n) is 2.54. The van der Waals surface area contributed by atoms with Gasteiger partial charge in [-0.05, 0) is 19.8 Å². The molecule has 0 aromatic carbocycles. The molecule has 0 atom stereocenters. The monoisotopic (exact) mass is 288 g/mol. The van der Waals surface area contributed by atoms with Crippen LogP contribution in [0.5, 0.6) is 0 Å². The molecular formula is C10H13BrN2OS. The molecule has 0 aliphatic carbocycles. The molecule has 0 N–H and O–H groups in total. The SMILES string of the molecule is Cc1nc2n(c(=O)c1CCBr)CCCS2. The van der Waals surface area contributed by atoms with Crippen molar-refractivity contribution in [3.63, 3.8) is 0 Å². The first kappa shape index (κ1) is 11.2. The summed E-state index contributed by atoms with van der Waals surface area (Å²) in [5, 5.41) is 1.71. The molecule has 1 aliphatic rings. The number of thioether (sulfide) groups is 1. The number of hydrogen-bond acceptors (Lipinski definition) is 3. The highest BCUT2D eigenvalue weighted by Gasteiger charge is 2.16. The first-order valence-electron chi connectivity index (χ1n) is 5.03. The molecule has 0 fully saturated rings. The maximum atomic E-state index is 12.1. The van der Waals surface area contributed by atoms with E-state index in [4.69, 9.17) is 0 Å². The van der Waals surface area contributed by atoms with Gasteiger partial charge in [-0.15, -0.1) is 0 Å². The maximum Gasteiger partial charge on any atom is 0.257 e. The molecule has 3 nitrogen and oxygen atoms in total. The van der Waals surface area contributed by atoms with Crippen LogP contribution >= 0.6 is 27.7 Å². The van der Waals surface area contributed by atoms with Gasteiger partial charge in [0.1, 0.15) is 0 Å². The van der Waals surface area contributed by atoms with Crippen LogP contribution in [0.3, 0.4) is 0 Å². The standard InChI is InChI=1S/C10H13BrN2OS/c1-7-8(3-4-11)9(14)13-5-2-6-15-10(13)12-7/h2-6H2,1H3. The van der Waals surface area contributed by atoms with E-state index in [9.17, 15) is 4.79 Å². The lowest BCUT2D eigenvalue weighted by atomic mass is 10.2. The van der Waals surface area contributed by atoms with Crippen LogP contribution in [0.1, 0.15) is 17.7 Å². The van der Waals surface area contributed by atoms with E-state index in [0.29, 0.717) is 0 Å². The van der Waals surface area contributed by atoms with Crippen molar-refractivity contribution in [1.29, 1.82) is 0 Å².